The second-order valence-electron chi connectivity index (χ2n) is 12.7. The molecular formula is C33H54N4O6. The number of unbranched alkanes of at least 4 members (excludes halogenated alkanes) is 4. The predicted octanol–water partition coefficient (Wildman–Crippen LogP) is 2.90. The highest BCUT2D eigenvalue weighted by Gasteiger charge is 2.33. The van der Waals surface area contributed by atoms with Gasteiger partial charge in [-0.25, -0.2) is 0 Å². The van der Waals surface area contributed by atoms with Crippen LogP contribution in [-0.2, 0) is 25.6 Å². The number of nitrogens with two attached hydrogens (primary N) is 1. The van der Waals surface area contributed by atoms with E-state index in [9.17, 15) is 29.4 Å². The Kier molecular flexibility index (Phi) is 16.2. The van der Waals surface area contributed by atoms with Crippen molar-refractivity contribution in [1.82, 2.24) is 16.0 Å². The molecule has 10 heteroatoms. The smallest absolute Gasteiger partial charge is 0.247 e. The molecule has 0 aliphatic heterocycles. The van der Waals surface area contributed by atoms with Gasteiger partial charge in [0.25, 0.3) is 0 Å². The van der Waals surface area contributed by atoms with Gasteiger partial charge in [-0.3, -0.25) is 19.2 Å². The highest BCUT2D eigenvalue weighted by Crippen LogP contribution is 2.19. The normalized spacial score (nSPS) is 15.4. The summed E-state index contributed by atoms with van der Waals surface area (Å²) < 4.78 is 0. The molecule has 0 saturated heterocycles. The Morgan fingerprint density at radius 3 is 2.07 bits per heavy atom. The van der Waals surface area contributed by atoms with Gasteiger partial charge in [-0.15, -0.1) is 0 Å². The molecule has 242 valence electrons. The monoisotopic (exact) mass is 602 g/mol. The molecule has 1 aromatic carbocycles. The Labute approximate surface area is 257 Å². The van der Waals surface area contributed by atoms with Crippen molar-refractivity contribution in [2.75, 3.05) is 6.61 Å². The fourth-order valence-corrected chi connectivity index (χ4v) is 4.39. The molecule has 0 fully saturated rings. The van der Waals surface area contributed by atoms with Crippen LogP contribution in [0.1, 0.15) is 92.1 Å². The van der Waals surface area contributed by atoms with E-state index in [0.717, 1.165) is 37.7 Å². The SMILES string of the molecule is CCCCCCCC(C)(O)/C=C/C(NC(=O)C(C)(C)CO)C(=O)N[C@@H](Cc1ccccc1)C(=O)NC(CC(C)C)C(N)=O. The van der Waals surface area contributed by atoms with E-state index in [1.165, 1.54) is 26.0 Å². The topological polar surface area (TPSA) is 171 Å². The fourth-order valence-electron chi connectivity index (χ4n) is 4.39. The number of hydrogen-bond donors (Lipinski definition) is 6. The number of hydrogen-bond acceptors (Lipinski definition) is 6. The van der Waals surface area contributed by atoms with E-state index in [1.807, 2.05) is 44.2 Å². The quantitative estimate of drug-likeness (QED) is 0.0990. The molecule has 10 nitrogen and oxygen atoms in total. The first-order chi connectivity index (χ1) is 20.1. The second kappa shape index (κ2) is 18.4. The summed E-state index contributed by atoms with van der Waals surface area (Å²) in [6, 6.07) is 5.81. The first-order valence-corrected chi connectivity index (χ1v) is 15.4. The van der Waals surface area contributed by atoms with Crippen LogP contribution < -0.4 is 21.7 Å². The van der Waals surface area contributed by atoms with Crippen molar-refractivity contribution in [3.63, 3.8) is 0 Å². The van der Waals surface area contributed by atoms with E-state index >= 15 is 0 Å². The summed E-state index contributed by atoms with van der Waals surface area (Å²) in [6.07, 6.45) is 8.91. The molecule has 1 rings (SSSR count). The van der Waals surface area contributed by atoms with Crippen LogP contribution in [0.3, 0.4) is 0 Å². The van der Waals surface area contributed by atoms with Crippen molar-refractivity contribution in [1.29, 1.82) is 0 Å². The van der Waals surface area contributed by atoms with Crippen LogP contribution >= 0.6 is 0 Å². The van der Waals surface area contributed by atoms with Gasteiger partial charge in [0, 0.05) is 6.42 Å². The number of nitrogens with one attached hydrogen (secondary N) is 3. The van der Waals surface area contributed by atoms with Gasteiger partial charge in [0.2, 0.25) is 23.6 Å². The third-order valence-corrected chi connectivity index (χ3v) is 7.30. The summed E-state index contributed by atoms with van der Waals surface area (Å²) >= 11 is 0. The van der Waals surface area contributed by atoms with Crippen molar-refractivity contribution in [2.24, 2.45) is 17.1 Å². The third kappa shape index (κ3) is 14.7. The standard InChI is InChI=1S/C33H54N4O6/c1-7-8-9-10-14-18-33(6,43)19-17-25(37-31(42)32(4,5)22-38)29(40)36-27(21-24-15-12-11-13-16-24)30(41)35-26(28(34)39)20-23(2)3/h11-13,15-17,19,23,25-27,38,43H,7-10,14,18,20-22H2,1-6H3,(H2,34,39)(H,35,41)(H,36,40)(H,37,42)/b19-17+/t25?,26?,27-,33?/m0/s1. The zero-order valence-electron chi connectivity index (χ0n) is 26.8. The number of carbonyl (C=O) groups excluding carboxylic acids is 4. The lowest BCUT2D eigenvalue weighted by molar-refractivity contribution is -0.136. The van der Waals surface area contributed by atoms with Crippen molar-refractivity contribution in [3.05, 3.63) is 48.0 Å². The van der Waals surface area contributed by atoms with Crippen molar-refractivity contribution < 1.29 is 29.4 Å². The maximum Gasteiger partial charge on any atom is 0.247 e. The number of rotatable bonds is 20. The van der Waals surface area contributed by atoms with E-state index in [1.54, 1.807) is 6.92 Å². The summed E-state index contributed by atoms with van der Waals surface area (Å²) in [7, 11) is 0. The Bertz CT molecular complexity index is 1050. The number of carbonyl (C=O) groups is 4. The Hall–Kier alpha value is -3.24. The highest BCUT2D eigenvalue weighted by molar-refractivity contribution is 5.95. The summed E-state index contributed by atoms with van der Waals surface area (Å²) in [5, 5.41) is 28.7. The molecule has 3 unspecified atom stereocenters. The number of aliphatic hydroxyl groups is 2. The number of aliphatic hydroxyl groups excluding tert-OH is 1. The Morgan fingerprint density at radius 1 is 0.907 bits per heavy atom. The minimum atomic E-state index is -1.25. The van der Waals surface area contributed by atoms with Gasteiger partial charge in [-0.05, 0) is 45.1 Å². The van der Waals surface area contributed by atoms with Crippen LogP contribution in [0, 0.1) is 11.3 Å². The predicted molar refractivity (Wildman–Crippen MR) is 169 cm³/mol. The Balaban J connectivity index is 3.27. The van der Waals surface area contributed by atoms with Gasteiger partial charge in [0.05, 0.1) is 17.6 Å². The minimum Gasteiger partial charge on any atom is -0.395 e. The van der Waals surface area contributed by atoms with Gasteiger partial charge >= 0.3 is 0 Å². The Morgan fingerprint density at radius 2 is 1.51 bits per heavy atom. The molecule has 0 aliphatic rings. The lowest BCUT2D eigenvalue weighted by Crippen LogP contribution is -2.57. The lowest BCUT2D eigenvalue weighted by Gasteiger charge is -2.27. The van der Waals surface area contributed by atoms with E-state index in [2.05, 4.69) is 22.9 Å². The molecule has 4 atom stereocenters. The largest absolute Gasteiger partial charge is 0.395 e. The van der Waals surface area contributed by atoms with Gasteiger partial charge in [-0.2, -0.15) is 0 Å². The highest BCUT2D eigenvalue weighted by atomic mass is 16.3. The molecule has 0 spiro atoms. The molecular weight excluding hydrogens is 548 g/mol. The molecule has 1 aromatic rings. The van der Waals surface area contributed by atoms with E-state index in [0.29, 0.717) is 12.8 Å². The van der Waals surface area contributed by atoms with Crippen LogP contribution in [0.2, 0.25) is 0 Å². The molecule has 0 bridgehead atoms. The van der Waals surface area contributed by atoms with Gasteiger partial charge in [-0.1, -0.05) is 95.4 Å². The number of benzene rings is 1. The van der Waals surface area contributed by atoms with Gasteiger partial charge in [0.1, 0.15) is 18.1 Å². The summed E-state index contributed by atoms with van der Waals surface area (Å²) in [4.78, 5) is 52.1. The van der Waals surface area contributed by atoms with Gasteiger partial charge in [0.15, 0.2) is 0 Å². The lowest BCUT2D eigenvalue weighted by atomic mass is 9.92. The molecule has 0 saturated carbocycles. The zero-order chi connectivity index (χ0) is 32.6. The molecule has 4 amide bonds. The van der Waals surface area contributed by atoms with E-state index in [4.69, 9.17) is 5.73 Å². The molecule has 0 heterocycles. The molecule has 7 N–H and O–H groups in total. The van der Waals surface area contributed by atoms with Gasteiger partial charge < -0.3 is 31.9 Å². The molecule has 0 aliphatic carbocycles. The van der Waals surface area contributed by atoms with Crippen molar-refractivity contribution in [2.45, 2.75) is 117 Å². The maximum absolute atomic E-state index is 13.7. The summed E-state index contributed by atoms with van der Waals surface area (Å²) in [5.41, 5.74) is 3.90. The molecule has 0 radical (unpaired) electrons. The molecule has 0 aromatic heterocycles. The minimum absolute atomic E-state index is 0.0824. The van der Waals surface area contributed by atoms with Crippen molar-refractivity contribution in [3.8, 4) is 0 Å². The van der Waals surface area contributed by atoms with Crippen LogP contribution in [0.15, 0.2) is 42.5 Å². The number of primary amides is 1. The van der Waals surface area contributed by atoms with Crippen LogP contribution in [0.4, 0.5) is 0 Å². The number of amides is 4. The fraction of sp³-hybridized carbons (Fsp3) is 0.636. The summed E-state index contributed by atoms with van der Waals surface area (Å²) in [6.45, 7) is 10.2. The van der Waals surface area contributed by atoms with E-state index in [-0.39, 0.29) is 12.3 Å². The zero-order valence-corrected chi connectivity index (χ0v) is 26.8. The van der Waals surface area contributed by atoms with Crippen LogP contribution in [-0.4, -0.2) is 64.2 Å². The molecule has 43 heavy (non-hydrogen) atoms. The van der Waals surface area contributed by atoms with E-state index < -0.39 is 59.4 Å². The van der Waals surface area contributed by atoms with Crippen molar-refractivity contribution >= 4 is 23.6 Å². The maximum atomic E-state index is 13.7. The second-order valence-corrected chi connectivity index (χ2v) is 12.7. The average molecular weight is 603 g/mol. The average Bonchev–Trinajstić information content (AvgIpc) is 2.94. The first kappa shape index (κ1) is 37.8. The summed E-state index contributed by atoms with van der Waals surface area (Å²) in [5.74, 6) is -2.45. The third-order valence-electron chi connectivity index (χ3n) is 7.30. The van der Waals surface area contributed by atoms with Crippen LogP contribution in [0.5, 0.6) is 0 Å². The first-order valence-electron chi connectivity index (χ1n) is 15.4. The van der Waals surface area contributed by atoms with Crippen LogP contribution in [0.25, 0.3) is 0 Å².